The number of nitrogens with two attached hydrogens (primary N) is 1. The number of amides is 2. The van der Waals surface area contributed by atoms with Crippen molar-refractivity contribution in [3.8, 4) is 0 Å². The van der Waals surface area contributed by atoms with Crippen LogP contribution in [-0.2, 0) is 0 Å². The number of primary amides is 1. The highest BCUT2D eigenvalue weighted by atomic mass is 16.3. The molecule has 0 heterocycles. The molecule has 0 aliphatic carbocycles. The van der Waals surface area contributed by atoms with Crippen LogP contribution in [0, 0.1) is 0 Å². The predicted molar refractivity (Wildman–Crippen MR) is 68.2 cm³/mol. The summed E-state index contributed by atoms with van der Waals surface area (Å²) < 4.78 is 0. The van der Waals surface area contributed by atoms with E-state index >= 15 is 0 Å². The lowest BCUT2D eigenvalue weighted by molar-refractivity contribution is 0.0854. The maximum Gasteiger partial charge on any atom is 0.251 e. The minimum absolute atomic E-state index is 0.279. The van der Waals surface area contributed by atoms with Gasteiger partial charge in [-0.3, -0.25) is 9.59 Å². The minimum Gasteiger partial charge on any atom is -0.391 e. The summed E-state index contributed by atoms with van der Waals surface area (Å²) in [6.07, 6.45) is 0.0341. The van der Waals surface area contributed by atoms with E-state index in [0.29, 0.717) is 17.5 Å². The normalized spacial score (nSPS) is 13.7. The van der Waals surface area contributed by atoms with Crippen molar-refractivity contribution in [2.24, 2.45) is 5.73 Å². The summed E-state index contributed by atoms with van der Waals surface area (Å²) in [5.41, 5.74) is 5.89. The zero-order valence-electron chi connectivity index (χ0n) is 10.5. The van der Waals surface area contributed by atoms with Gasteiger partial charge in [0, 0.05) is 11.1 Å². The maximum atomic E-state index is 11.9. The second-order valence-electron chi connectivity index (χ2n) is 4.17. The van der Waals surface area contributed by atoms with Crippen molar-refractivity contribution in [3.05, 3.63) is 35.4 Å². The van der Waals surface area contributed by atoms with Crippen molar-refractivity contribution in [1.82, 2.24) is 5.32 Å². The Bertz CT molecular complexity index is 426. The molecule has 0 fully saturated rings. The van der Waals surface area contributed by atoms with Crippen LogP contribution >= 0.6 is 0 Å². The molecule has 1 aromatic rings. The van der Waals surface area contributed by atoms with E-state index < -0.39 is 12.0 Å². The van der Waals surface area contributed by atoms with Gasteiger partial charge in [0.05, 0.1) is 12.1 Å². The smallest absolute Gasteiger partial charge is 0.251 e. The van der Waals surface area contributed by atoms with Gasteiger partial charge in [-0.05, 0) is 37.6 Å². The molecule has 4 N–H and O–H groups in total. The Morgan fingerprint density at radius 2 is 1.78 bits per heavy atom. The van der Waals surface area contributed by atoms with E-state index in [4.69, 9.17) is 5.73 Å². The van der Waals surface area contributed by atoms with E-state index in [1.54, 1.807) is 6.92 Å². The molecule has 0 aliphatic rings. The summed E-state index contributed by atoms with van der Waals surface area (Å²) in [7, 11) is 0. The van der Waals surface area contributed by atoms with E-state index in [0.717, 1.165) is 0 Å². The average Bonchev–Trinajstić information content (AvgIpc) is 2.35. The third-order valence-corrected chi connectivity index (χ3v) is 2.77. The van der Waals surface area contributed by atoms with Crippen molar-refractivity contribution in [1.29, 1.82) is 0 Å². The fraction of sp³-hybridized carbons (Fsp3) is 0.385. The number of benzene rings is 1. The molecule has 0 bridgehead atoms. The molecule has 5 heteroatoms. The minimum atomic E-state index is -0.608. The van der Waals surface area contributed by atoms with Crippen molar-refractivity contribution in [2.45, 2.75) is 32.4 Å². The van der Waals surface area contributed by atoms with Gasteiger partial charge < -0.3 is 16.2 Å². The second-order valence-corrected chi connectivity index (χ2v) is 4.17. The molecule has 0 saturated heterocycles. The average molecular weight is 250 g/mol. The zero-order valence-corrected chi connectivity index (χ0v) is 10.5. The quantitative estimate of drug-likeness (QED) is 0.717. The molecule has 0 aromatic heterocycles. The van der Waals surface area contributed by atoms with Crippen LogP contribution in [0.15, 0.2) is 24.3 Å². The molecule has 1 aromatic carbocycles. The second kappa shape index (κ2) is 6.16. The Kier molecular flexibility index (Phi) is 4.85. The molecule has 5 nitrogen and oxygen atoms in total. The first kappa shape index (κ1) is 14.2. The van der Waals surface area contributed by atoms with E-state index in [-0.39, 0.29) is 11.9 Å². The molecule has 2 amide bonds. The molecule has 0 aliphatic heterocycles. The summed E-state index contributed by atoms with van der Waals surface area (Å²) in [6.45, 7) is 3.51. The number of carbonyl (C=O) groups excluding carboxylic acids is 2. The standard InChI is InChI=1S/C13H18N2O3/c1-3-11(8(2)16)15-13(18)10-6-4-9(5-7-10)12(14)17/h4-8,11,16H,3H2,1-2H3,(H2,14,17)(H,15,18)/t8-,11-/m0/s1. The molecule has 2 atom stereocenters. The fourth-order valence-electron chi connectivity index (χ4n) is 1.60. The van der Waals surface area contributed by atoms with Gasteiger partial charge in [0.15, 0.2) is 0 Å². The van der Waals surface area contributed by atoms with E-state index in [9.17, 15) is 14.7 Å². The SMILES string of the molecule is CC[C@H](NC(=O)c1ccc(C(N)=O)cc1)[C@H](C)O. The Labute approximate surface area is 106 Å². The van der Waals surface area contributed by atoms with Crippen LogP contribution in [0.1, 0.15) is 41.0 Å². The van der Waals surface area contributed by atoms with Gasteiger partial charge in [-0.25, -0.2) is 0 Å². The van der Waals surface area contributed by atoms with Crippen molar-refractivity contribution in [3.63, 3.8) is 0 Å². The summed E-state index contributed by atoms with van der Waals surface area (Å²) >= 11 is 0. The lowest BCUT2D eigenvalue weighted by Gasteiger charge is -2.19. The number of nitrogens with one attached hydrogen (secondary N) is 1. The molecule has 98 valence electrons. The Hall–Kier alpha value is -1.88. The van der Waals surface area contributed by atoms with Gasteiger partial charge in [-0.15, -0.1) is 0 Å². The Morgan fingerprint density at radius 3 is 2.17 bits per heavy atom. The van der Waals surface area contributed by atoms with Gasteiger partial charge in [-0.1, -0.05) is 6.92 Å². The number of hydrogen-bond acceptors (Lipinski definition) is 3. The van der Waals surface area contributed by atoms with Crippen molar-refractivity contribution >= 4 is 11.8 Å². The third kappa shape index (κ3) is 3.56. The molecule has 1 rings (SSSR count). The largest absolute Gasteiger partial charge is 0.391 e. The zero-order chi connectivity index (χ0) is 13.7. The van der Waals surface area contributed by atoms with Gasteiger partial charge in [-0.2, -0.15) is 0 Å². The van der Waals surface area contributed by atoms with Crippen LogP contribution in [0.3, 0.4) is 0 Å². The van der Waals surface area contributed by atoms with Crippen molar-refractivity contribution < 1.29 is 14.7 Å². The first-order valence-electron chi connectivity index (χ1n) is 5.84. The highest BCUT2D eigenvalue weighted by Crippen LogP contribution is 2.06. The van der Waals surface area contributed by atoms with E-state index in [1.165, 1.54) is 24.3 Å². The van der Waals surface area contributed by atoms with Crippen LogP contribution in [0.25, 0.3) is 0 Å². The molecule has 0 saturated carbocycles. The number of hydrogen-bond donors (Lipinski definition) is 3. The summed E-state index contributed by atoms with van der Waals surface area (Å²) in [5, 5.41) is 12.2. The topological polar surface area (TPSA) is 92.4 Å². The van der Waals surface area contributed by atoms with Crippen LogP contribution in [-0.4, -0.2) is 29.1 Å². The third-order valence-electron chi connectivity index (χ3n) is 2.77. The molecule has 0 radical (unpaired) electrons. The Balaban J connectivity index is 2.75. The van der Waals surface area contributed by atoms with Crippen molar-refractivity contribution in [2.75, 3.05) is 0 Å². The van der Waals surface area contributed by atoms with Crippen LogP contribution in [0.5, 0.6) is 0 Å². The van der Waals surface area contributed by atoms with Crippen LogP contribution in [0.2, 0.25) is 0 Å². The van der Waals surface area contributed by atoms with E-state index in [2.05, 4.69) is 5.32 Å². The van der Waals surface area contributed by atoms with E-state index in [1.807, 2.05) is 6.92 Å². The number of aliphatic hydroxyl groups is 1. The van der Waals surface area contributed by atoms with Crippen LogP contribution < -0.4 is 11.1 Å². The van der Waals surface area contributed by atoms with Gasteiger partial charge in [0.2, 0.25) is 5.91 Å². The van der Waals surface area contributed by atoms with Crippen LogP contribution in [0.4, 0.5) is 0 Å². The monoisotopic (exact) mass is 250 g/mol. The molecule has 0 spiro atoms. The summed E-state index contributed by atoms with van der Waals surface area (Å²) in [6, 6.07) is 5.78. The first-order chi connectivity index (χ1) is 8.45. The molecular weight excluding hydrogens is 232 g/mol. The molecule has 0 unspecified atom stereocenters. The molecule has 18 heavy (non-hydrogen) atoms. The first-order valence-corrected chi connectivity index (χ1v) is 5.84. The fourth-order valence-corrected chi connectivity index (χ4v) is 1.60. The number of aliphatic hydroxyl groups excluding tert-OH is 1. The lowest BCUT2D eigenvalue weighted by atomic mass is 10.1. The maximum absolute atomic E-state index is 11.9. The Morgan fingerprint density at radius 1 is 1.28 bits per heavy atom. The predicted octanol–water partition coefficient (Wildman–Crippen LogP) is 0.675. The number of carbonyl (C=O) groups is 2. The van der Waals surface area contributed by atoms with Gasteiger partial charge in [0.1, 0.15) is 0 Å². The highest BCUT2D eigenvalue weighted by molar-refractivity contribution is 5.97. The summed E-state index contributed by atoms with van der Waals surface area (Å²) in [4.78, 5) is 22.7. The van der Waals surface area contributed by atoms with Gasteiger partial charge in [0.25, 0.3) is 5.91 Å². The van der Waals surface area contributed by atoms with Gasteiger partial charge >= 0.3 is 0 Å². The molecular formula is C13H18N2O3. The number of rotatable bonds is 5. The summed E-state index contributed by atoms with van der Waals surface area (Å²) in [5.74, 6) is -0.809. The highest BCUT2D eigenvalue weighted by Gasteiger charge is 2.16. The lowest BCUT2D eigenvalue weighted by Crippen LogP contribution is -2.41.